The zero-order chi connectivity index (χ0) is 15.3. The molecule has 0 saturated heterocycles. The van der Waals surface area contributed by atoms with Crippen molar-refractivity contribution in [2.75, 3.05) is 0 Å². The van der Waals surface area contributed by atoms with Gasteiger partial charge in [-0.1, -0.05) is 43.9 Å². The predicted octanol–water partition coefficient (Wildman–Crippen LogP) is 4.62. The average molecular weight is 270 g/mol. The van der Waals surface area contributed by atoms with Crippen molar-refractivity contribution in [2.45, 2.75) is 84.8 Å². The maximum atomic E-state index is 9.49. The van der Waals surface area contributed by atoms with Crippen molar-refractivity contribution in [3.63, 3.8) is 0 Å². The van der Waals surface area contributed by atoms with E-state index in [9.17, 15) is 5.11 Å². The van der Waals surface area contributed by atoms with Gasteiger partial charge in [-0.05, 0) is 47.0 Å². The highest BCUT2D eigenvalue weighted by Gasteiger charge is 2.12. The summed E-state index contributed by atoms with van der Waals surface area (Å²) in [5.41, 5.74) is 0.594. The molecule has 0 rings (SSSR count). The molecule has 0 aromatic rings. The first kappa shape index (κ1) is 20.7. The van der Waals surface area contributed by atoms with Gasteiger partial charge in [0.05, 0.1) is 11.7 Å². The van der Waals surface area contributed by atoms with E-state index in [0.29, 0.717) is 0 Å². The van der Waals surface area contributed by atoms with E-state index >= 15 is 0 Å². The molecule has 0 amide bonds. The SMILES string of the molecule is C=CC(C)(O)CCC=C(C)C.CCCCCC(C)O. The zero-order valence-electron chi connectivity index (χ0n) is 13.6. The smallest absolute Gasteiger partial charge is 0.0800 e. The van der Waals surface area contributed by atoms with Crippen LogP contribution in [-0.4, -0.2) is 21.9 Å². The van der Waals surface area contributed by atoms with Gasteiger partial charge in [0.1, 0.15) is 0 Å². The lowest BCUT2D eigenvalue weighted by Gasteiger charge is -2.16. The van der Waals surface area contributed by atoms with Crippen LogP contribution in [0.2, 0.25) is 0 Å². The second kappa shape index (κ2) is 12.4. The number of allylic oxidation sites excluding steroid dienone is 2. The minimum absolute atomic E-state index is 0.0958. The number of aliphatic hydroxyl groups is 2. The summed E-state index contributed by atoms with van der Waals surface area (Å²) in [5, 5.41) is 18.3. The van der Waals surface area contributed by atoms with E-state index in [4.69, 9.17) is 5.11 Å². The van der Waals surface area contributed by atoms with Gasteiger partial charge in [-0.3, -0.25) is 0 Å². The average Bonchev–Trinajstić information content (AvgIpc) is 2.29. The van der Waals surface area contributed by atoms with Gasteiger partial charge in [0.2, 0.25) is 0 Å². The Morgan fingerprint density at radius 3 is 2.26 bits per heavy atom. The van der Waals surface area contributed by atoms with Crippen LogP contribution in [0.15, 0.2) is 24.3 Å². The molecule has 2 unspecified atom stereocenters. The van der Waals surface area contributed by atoms with E-state index in [1.807, 2.05) is 6.92 Å². The maximum absolute atomic E-state index is 9.49. The van der Waals surface area contributed by atoms with E-state index in [1.54, 1.807) is 13.0 Å². The lowest BCUT2D eigenvalue weighted by Crippen LogP contribution is -2.19. The summed E-state index contributed by atoms with van der Waals surface area (Å²) in [4.78, 5) is 0. The Morgan fingerprint density at radius 2 is 1.89 bits per heavy atom. The Hall–Kier alpha value is -0.600. The van der Waals surface area contributed by atoms with Crippen LogP contribution in [0.4, 0.5) is 0 Å². The highest BCUT2D eigenvalue weighted by atomic mass is 16.3. The van der Waals surface area contributed by atoms with Gasteiger partial charge in [0.15, 0.2) is 0 Å². The normalized spacial score (nSPS) is 14.7. The van der Waals surface area contributed by atoms with Crippen molar-refractivity contribution < 1.29 is 10.2 Å². The highest BCUT2D eigenvalue weighted by molar-refractivity contribution is 4.97. The van der Waals surface area contributed by atoms with Crippen LogP contribution < -0.4 is 0 Å². The summed E-state index contributed by atoms with van der Waals surface area (Å²) in [7, 11) is 0. The second-order valence-corrected chi connectivity index (χ2v) is 5.73. The van der Waals surface area contributed by atoms with Gasteiger partial charge in [-0.25, -0.2) is 0 Å². The van der Waals surface area contributed by atoms with Crippen molar-refractivity contribution >= 4 is 0 Å². The molecule has 2 atom stereocenters. The largest absolute Gasteiger partial charge is 0.393 e. The fourth-order valence-electron chi connectivity index (χ4n) is 1.44. The summed E-state index contributed by atoms with van der Waals surface area (Å²) in [6.07, 6.45) is 9.92. The van der Waals surface area contributed by atoms with Gasteiger partial charge in [0, 0.05) is 0 Å². The molecule has 0 aliphatic carbocycles. The van der Waals surface area contributed by atoms with Crippen LogP contribution in [-0.2, 0) is 0 Å². The highest BCUT2D eigenvalue weighted by Crippen LogP contribution is 2.13. The lowest BCUT2D eigenvalue weighted by atomic mass is 10.00. The Labute approximate surface area is 120 Å². The summed E-state index contributed by atoms with van der Waals surface area (Å²) < 4.78 is 0. The Balaban J connectivity index is 0. The molecular weight excluding hydrogens is 236 g/mol. The molecule has 0 aliphatic heterocycles. The summed E-state index contributed by atoms with van der Waals surface area (Å²) in [5.74, 6) is 0. The van der Waals surface area contributed by atoms with E-state index in [1.165, 1.54) is 24.8 Å². The molecule has 0 fully saturated rings. The Kier molecular flexibility index (Phi) is 13.6. The lowest BCUT2D eigenvalue weighted by molar-refractivity contribution is 0.103. The van der Waals surface area contributed by atoms with E-state index < -0.39 is 5.60 Å². The molecule has 0 heterocycles. The molecule has 0 aliphatic rings. The minimum Gasteiger partial charge on any atom is -0.393 e. The molecule has 0 bridgehead atoms. The van der Waals surface area contributed by atoms with Crippen molar-refractivity contribution in [1.82, 2.24) is 0 Å². The molecule has 0 spiro atoms. The van der Waals surface area contributed by atoms with Gasteiger partial charge < -0.3 is 10.2 Å². The van der Waals surface area contributed by atoms with Gasteiger partial charge in [-0.15, -0.1) is 6.58 Å². The first-order chi connectivity index (χ1) is 8.75. The predicted molar refractivity (Wildman–Crippen MR) is 85.3 cm³/mol. The van der Waals surface area contributed by atoms with Crippen molar-refractivity contribution in [3.8, 4) is 0 Å². The Bertz CT molecular complexity index is 236. The molecule has 2 heteroatoms. The Morgan fingerprint density at radius 1 is 1.32 bits per heavy atom. The van der Waals surface area contributed by atoms with E-state index in [-0.39, 0.29) is 6.10 Å². The molecule has 0 radical (unpaired) electrons. The van der Waals surface area contributed by atoms with Crippen LogP contribution in [0.25, 0.3) is 0 Å². The third-order valence-corrected chi connectivity index (χ3v) is 2.87. The van der Waals surface area contributed by atoms with Gasteiger partial charge in [0.25, 0.3) is 0 Å². The van der Waals surface area contributed by atoms with Crippen LogP contribution in [0.5, 0.6) is 0 Å². The topological polar surface area (TPSA) is 40.5 Å². The third-order valence-electron chi connectivity index (χ3n) is 2.87. The second-order valence-electron chi connectivity index (χ2n) is 5.73. The molecule has 114 valence electrons. The molecule has 2 N–H and O–H groups in total. The molecule has 0 aromatic carbocycles. The molecule has 19 heavy (non-hydrogen) atoms. The number of unbranched alkanes of at least 4 members (excludes halogenated alkanes) is 2. The minimum atomic E-state index is -0.702. The number of hydrogen-bond acceptors (Lipinski definition) is 2. The van der Waals surface area contributed by atoms with E-state index in [2.05, 4.69) is 33.4 Å². The van der Waals surface area contributed by atoms with Gasteiger partial charge in [-0.2, -0.15) is 0 Å². The fraction of sp³-hybridized carbons (Fsp3) is 0.765. The summed E-state index contributed by atoms with van der Waals surface area (Å²) in [6, 6.07) is 0. The molecule has 0 aromatic heterocycles. The summed E-state index contributed by atoms with van der Waals surface area (Å²) in [6.45, 7) is 13.5. The first-order valence-electron chi connectivity index (χ1n) is 7.42. The number of hydrogen-bond donors (Lipinski definition) is 2. The summed E-state index contributed by atoms with van der Waals surface area (Å²) >= 11 is 0. The first-order valence-corrected chi connectivity index (χ1v) is 7.42. The van der Waals surface area contributed by atoms with Crippen LogP contribution in [0.1, 0.15) is 73.1 Å². The fourth-order valence-corrected chi connectivity index (χ4v) is 1.44. The van der Waals surface area contributed by atoms with Crippen molar-refractivity contribution in [2.24, 2.45) is 0 Å². The van der Waals surface area contributed by atoms with Crippen molar-refractivity contribution in [3.05, 3.63) is 24.3 Å². The van der Waals surface area contributed by atoms with Crippen molar-refractivity contribution in [1.29, 1.82) is 0 Å². The van der Waals surface area contributed by atoms with Crippen LogP contribution >= 0.6 is 0 Å². The monoisotopic (exact) mass is 270 g/mol. The third kappa shape index (κ3) is 19.9. The maximum Gasteiger partial charge on any atom is 0.0800 e. The van der Waals surface area contributed by atoms with E-state index in [0.717, 1.165) is 19.3 Å². The standard InChI is InChI=1S/C10H18O.C7H16O/c1-5-10(4,11)8-6-7-9(2)3;1-3-4-5-6-7(2)8/h5,7,11H,1,6,8H2,2-4H3;7-8H,3-6H2,1-2H3. The quantitative estimate of drug-likeness (QED) is 0.499. The van der Waals surface area contributed by atoms with Gasteiger partial charge >= 0.3 is 0 Å². The molecular formula is C17H34O2. The number of aliphatic hydroxyl groups excluding tert-OH is 1. The molecule has 2 nitrogen and oxygen atoms in total. The van der Waals surface area contributed by atoms with Crippen LogP contribution in [0, 0.1) is 0 Å². The molecule has 0 saturated carbocycles. The number of rotatable bonds is 8. The zero-order valence-corrected chi connectivity index (χ0v) is 13.6. The van der Waals surface area contributed by atoms with Crippen LogP contribution in [0.3, 0.4) is 0 Å².